The maximum Gasteiger partial charge on any atom is 0.412 e. The standard InChI is InChI=1S/C18H21FN4O3/c1-18(2,3)26-17(25)22-14-7-6-13(19)9-15(14)21-16(24)8-5-12-10-20-23(4)11-12/h5-11H,1-4H3,(H,21,24)(H,22,25). The molecule has 0 aliphatic carbocycles. The van der Waals surface area contributed by atoms with Crippen LogP contribution in [0.1, 0.15) is 26.3 Å². The van der Waals surface area contributed by atoms with E-state index in [1.807, 2.05) is 0 Å². The molecule has 0 radical (unpaired) electrons. The Labute approximate surface area is 150 Å². The molecule has 0 unspecified atom stereocenters. The molecule has 0 fully saturated rings. The van der Waals surface area contributed by atoms with E-state index in [0.717, 1.165) is 11.6 Å². The monoisotopic (exact) mass is 360 g/mol. The van der Waals surface area contributed by atoms with Crippen molar-refractivity contribution in [3.63, 3.8) is 0 Å². The predicted molar refractivity (Wildman–Crippen MR) is 97.1 cm³/mol. The minimum absolute atomic E-state index is 0.122. The van der Waals surface area contributed by atoms with Gasteiger partial charge in [-0.3, -0.25) is 14.8 Å². The molecule has 0 saturated heterocycles. The molecule has 0 aliphatic rings. The zero-order valence-electron chi connectivity index (χ0n) is 15.0. The van der Waals surface area contributed by atoms with Gasteiger partial charge in [-0.25, -0.2) is 9.18 Å². The second kappa shape index (κ2) is 7.81. The number of anilines is 2. The highest BCUT2D eigenvalue weighted by Crippen LogP contribution is 2.24. The molecule has 0 atom stereocenters. The molecule has 2 N–H and O–H groups in total. The minimum Gasteiger partial charge on any atom is -0.444 e. The third kappa shape index (κ3) is 6.04. The van der Waals surface area contributed by atoms with Gasteiger partial charge in [-0.05, 0) is 45.0 Å². The molecule has 1 heterocycles. The van der Waals surface area contributed by atoms with E-state index in [-0.39, 0.29) is 11.4 Å². The van der Waals surface area contributed by atoms with Crippen LogP contribution in [-0.4, -0.2) is 27.4 Å². The van der Waals surface area contributed by atoms with Crippen LogP contribution in [0.25, 0.3) is 6.08 Å². The Hall–Kier alpha value is -3.16. The van der Waals surface area contributed by atoms with Crippen LogP contribution in [-0.2, 0) is 16.6 Å². The fourth-order valence-corrected chi connectivity index (χ4v) is 2.01. The normalized spacial score (nSPS) is 11.4. The quantitative estimate of drug-likeness (QED) is 0.817. The molecule has 8 heteroatoms. The van der Waals surface area contributed by atoms with Gasteiger partial charge in [0.1, 0.15) is 11.4 Å². The second-order valence-corrected chi connectivity index (χ2v) is 6.59. The number of carbonyl (C=O) groups excluding carboxylic acids is 2. The molecule has 26 heavy (non-hydrogen) atoms. The number of aromatic nitrogens is 2. The average molecular weight is 360 g/mol. The first-order valence-electron chi connectivity index (χ1n) is 7.90. The number of rotatable bonds is 4. The zero-order valence-corrected chi connectivity index (χ0v) is 15.0. The Morgan fingerprint density at radius 2 is 1.96 bits per heavy atom. The highest BCUT2D eigenvalue weighted by molar-refractivity contribution is 6.04. The summed E-state index contributed by atoms with van der Waals surface area (Å²) in [6.45, 7) is 5.18. The lowest BCUT2D eigenvalue weighted by atomic mass is 10.2. The topological polar surface area (TPSA) is 85.2 Å². The molecule has 1 aromatic carbocycles. The van der Waals surface area contributed by atoms with Crippen LogP contribution in [0, 0.1) is 5.82 Å². The first kappa shape index (κ1) is 19.2. The largest absolute Gasteiger partial charge is 0.444 e. The number of hydrogen-bond acceptors (Lipinski definition) is 4. The van der Waals surface area contributed by atoms with E-state index in [2.05, 4.69) is 15.7 Å². The van der Waals surface area contributed by atoms with Crippen molar-refractivity contribution in [2.75, 3.05) is 10.6 Å². The Bertz CT molecular complexity index is 837. The summed E-state index contributed by atoms with van der Waals surface area (Å²) in [5.74, 6) is -1.03. The van der Waals surface area contributed by atoms with Crippen LogP contribution in [0.4, 0.5) is 20.6 Å². The van der Waals surface area contributed by atoms with Gasteiger partial charge in [0.05, 0.1) is 17.6 Å². The fourth-order valence-electron chi connectivity index (χ4n) is 2.01. The van der Waals surface area contributed by atoms with Crippen molar-refractivity contribution in [1.29, 1.82) is 0 Å². The summed E-state index contributed by atoms with van der Waals surface area (Å²) in [5, 5.41) is 9.02. The second-order valence-electron chi connectivity index (χ2n) is 6.59. The van der Waals surface area contributed by atoms with Crippen molar-refractivity contribution in [2.24, 2.45) is 7.05 Å². The van der Waals surface area contributed by atoms with Crippen LogP contribution >= 0.6 is 0 Å². The number of aryl methyl sites for hydroxylation is 1. The molecule has 0 saturated carbocycles. The van der Waals surface area contributed by atoms with E-state index in [0.29, 0.717) is 0 Å². The third-order valence-corrected chi connectivity index (χ3v) is 3.03. The maximum atomic E-state index is 13.5. The number of amides is 2. The van der Waals surface area contributed by atoms with Gasteiger partial charge < -0.3 is 10.1 Å². The van der Waals surface area contributed by atoms with Crippen molar-refractivity contribution in [1.82, 2.24) is 9.78 Å². The molecule has 2 amide bonds. The summed E-state index contributed by atoms with van der Waals surface area (Å²) in [6.07, 6.45) is 5.50. The average Bonchev–Trinajstić information content (AvgIpc) is 2.92. The van der Waals surface area contributed by atoms with Crippen molar-refractivity contribution in [2.45, 2.75) is 26.4 Å². The Balaban J connectivity index is 2.10. The number of nitrogens with one attached hydrogen (secondary N) is 2. The van der Waals surface area contributed by atoms with E-state index >= 15 is 0 Å². The summed E-state index contributed by atoms with van der Waals surface area (Å²) >= 11 is 0. The van der Waals surface area contributed by atoms with Gasteiger partial charge in [0, 0.05) is 24.9 Å². The molecule has 138 valence electrons. The van der Waals surface area contributed by atoms with Gasteiger partial charge in [0.15, 0.2) is 0 Å². The van der Waals surface area contributed by atoms with Gasteiger partial charge >= 0.3 is 6.09 Å². The molecular weight excluding hydrogens is 339 g/mol. The van der Waals surface area contributed by atoms with Gasteiger partial charge in [0.25, 0.3) is 0 Å². The lowest BCUT2D eigenvalue weighted by molar-refractivity contribution is -0.111. The predicted octanol–water partition coefficient (Wildman–Crippen LogP) is 3.56. The van der Waals surface area contributed by atoms with E-state index in [9.17, 15) is 14.0 Å². The van der Waals surface area contributed by atoms with Crippen molar-refractivity contribution < 1.29 is 18.7 Å². The number of benzene rings is 1. The van der Waals surface area contributed by atoms with Crippen molar-refractivity contribution in [3.8, 4) is 0 Å². The SMILES string of the molecule is Cn1cc(C=CC(=O)Nc2cc(F)ccc2NC(=O)OC(C)(C)C)cn1. The number of carbonyl (C=O) groups is 2. The van der Waals surface area contributed by atoms with E-state index in [1.165, 1.54) is 18.2 Å². The summed E-state index contributed by atoms with van der Waals surface area (Å²) in [4.78, 5) is 24.0. The lowest BCUT2D eigenvalue weighted by Gasteiger charge is -2.20. The molecule has 2 aromatic rings. The first-order valence-corrected chi connectivity index (χ1v) is 7.90. The number of nitrogens with zero attached hydrogens (tertiary/aromatic N) is 2. The zero-order chi connectivity index (χ0) is 19.3. The molecule has 1 aromatic heterocycles. The molecule has 0 spiro atoms. The molecule has 0 bridgehead atoms. The fraction of sp³-hybridized carbons (Fsp3) is 0.278. The lowest BCUT2D eigenvalue weighted by Crippen LogP contribution is -2.27. The smallest absolute Gasteiger partial charge is 0.412 e. The summed E-state index contributed by atoms with van der Waals surface area (Å²) in [6, 6.07) is 3.63. The number of halogens is 1. The van der Waals surface area contributed by atoms with Crippen LogP contribution < -0.4 is 10.6 Å². The van der Waals surface area contributed by atoms with Gasteiger partial charge in [-0.1, -0.05) is 0 Å². The summed E-state index contributed by atoms with van der Waals surface area (Å²) in [7, 11) is 1.76. The molecule has 0 aliphatic heterocycles. The van der Waals surface area contributed by atoms with E-state index < -0.39 is 23.4 Å². The highest BCUT2D eigenvalue weighted by atomic mass is 19.1. The number of ether oxygens (including phenoxy) is 1. The minimum atomic E-state index is -0.703. The van der Waals surface area contributed by atoms with E-state index in [1.54, 1.807) is 51.0 Å². The van der Waals surface area contributed by atoms with E-state index in [4.69, 9.17) is 4.74 Å². The first-order chi connectivity index (χ1) is 12.1. The van der Waals surface area contributed by atoms with Crippen LogP contribution in [0.5, 0.6) is 0 Å². The summed E-state index contributed by atoms with van der Waals surface area (Å²) < 4.78 is 20.3. The summed E-state index contributed by atoms with van der Waals surface area (Å²) in [5.41, 5.74) is 0.412. The van der Waals surface area contributed by atoms with Crippen LogP contribution in [0.2, 0.25) is 0 Å². The van der Waals surface area contributed by atoms with Crippen molar-refractivity contribution >= 4 is 29.5 Å². The maximum absolute atomic E-state index is 13.5. The Morgan fingerprint density at radius 1 is 1.23 bits per heavy atom. The van der Waals surface area contributed by atoms with Gasteiger partial charge in [0.2, 0.25) is 5.91 Å². The van der Waals surface area contributed by atoms with Crippen LogP contribution in [0.15, 0.2) is 36.7 Å². The van der Waals surface area contributed by atoms with Gasteiger partial charge in [-0.15, -0.1) is 0 Å². The van der Waals surface area contributed by atoms with Crippen molar-refractivity contribution in [3.05, 3.63) is 48.0 Å². The molecule has 7 nitrogen and oxygen atoms in total. The van der Waals surface area contributed by atoms with Gasteiger partial charge in [-0.2, -0.15) is 5.10 Å². The molecule has 2 rings (SSSR count). The third-order valence-electron chi connectivity index (χ3n) is 3.03. The Morgan fingerprint density at radius 3 is 2.58 bits per heavy atom. The Kier molecular flexibility index (Phi) is 5.76. The molecular formula is C18H21FN4O3. The highest BCUT2D eigenvalue weighted by Gasteiger charge is 2.17. The van der Waals surface area contributed by atoms with Crippen LogP contribution in [0.3, 0.4) is 0 Å². The number of hydrogen-bond donors (Lipinski definition) is 2.